The Morgan fingerprint density at radius 2 is 2.12 bits per heavy atom. The van der Waals surface area contributed by atoms with Crippen molar-refractivity contribution in [2.45, 2.75) is 0 Å². The highest BCUT2D eigenvalue weighted by Gasteiger charge is 2.01. The summed E-state index contributed by atoms with van der Waals surface area (Å²) in [4.78, 5) is 14.8. The molecule has 1 heterocycles. The predicted molar refractivity (Wildman–Crippen MR) is 59.8 cm³/mol. The van der Waals surface area contributed by atoms with Gasteiger partial charge in [0.2, 0.25) is 0 Å². The van der Waals surface area contributed by atoms with Crippen LogP contribution in [0.3, 0.4) is 0 Å². The third kappa shape index (κ3) is 1.96. The van der Waals surface area contributed by atoms with Gasteiger partial charge in [-0.1, -0.05) is 12.1 Å². The molecule has 0 saturated heterocycles. The average Bonchev–Trinajstić information content (AvgIpc) is 2.39. The molecule has 1 aromatic heterocycles. The maximum Gasteiger partial charge on any atom is 0.150 e. The fraction of sp³-hybridized carbons (Fsp3) is 0. The van der Waals surface area contributed by atoms with E-state index in [4.69, 9.17) is 5.26 Å². The molecule has 0 N–H and O–H groups in total. The molecule has 0 fully saturated rings. The number of aromatic nitrogens is 1. The van der Waals surface area contributed by atoms with E-state index in [-0.39, 0.29) is 0 Å². The maximum atomic E-state index is 10.6. The summed E-state index contributed by atoms with van der Waals surface area (Å²) >= 11 is 0. The second-order valence-electron chi connectivity index (χ2n) is 3.28. The van der Waals surface area contributed by atoms with Crippen LogP contribution in [0.25, 0.3) is 11.3 Å². The SMILES string of the molecule is N#Cc1cccc(-c2cc(C=O)ccn2)c1. The lowest BCUT2D eigenvalue weighted by Crippen LogP contribution is -1.87. The largest absolute Gasteiger partial charge is 0.298 e. The fourth-order valence-electron chi connectivity index (χ4n) is 1.43. The van der Waals surface area contributed by atoms with Crippen molar-refractivity contribution < 1.29 is 4.79 Å². The minimum absolute atomic E-state index is 0.576. The van der Waals surface area contributed by atoms with E-state index in [9.17, 15) is 4.79 Å². The molecule has 0 aliphatic carbocycles. The Kier molecular flexibility index (Phi) is 2.75. The van der Waals surface area contributed by atoms with Gasteiger partial charge in [0.05, 0.1) is 17.3 Å². The van der Waals surface area contributed by atoms with Crippen LogP contribution >= 0.6 is 0 Å². The van der Waals surface area contributed by atoms with Crippen molar-refractivity contribution in [1.29, 1.82) is 5.26 Å². The number of nitrogens with zero attached hydrogens (tertiary/aromatic N) is 2. The summed E-state index contributed by atoms with van der Waals surface area (Å²) in [5, 5.41) is 8.78. The predicted octanol–water partition coefficient (Wildman–Crippen LogP) is 2.43. The lowest BCUT2D eigenvalue weighted by atomic mass is 10.1. The van der Waals surface area contributed by atoms with Crippen LogP contribution in [-0.4, -0.2) is 11.3 Å². The number of carbonyl (C=O) groups is 1. The van der Waals surface area contributed by atoms with Gasteiger partial charge in [-0.25, -0.2) is 0 Å². The van der Waals surface area contributed by atoms with E-state index in [1.165, 1.54) is 0 Å². The number of hydrogen-bond acceptors (Lipinski definition) is 3. The van der Waals surface area contributed by atoms with Crippen LogP contribution in [-0.2, 0) is 0 Å². The minimum Gasteiger partial charge on any atom is -0.298 e. The monoisotopic (exact) mass is 208 g/mol. The summed E-state index contributed by atoms with van der Waals surface area (Å²) in [7, 11) is 0. The smallest absolute Gasteiger partial charge is 0.150 e. The van der Waals surface area contributed by atoms with Crippen LogP contribution in [0.2, 0.25) is 0 Å². The molecule has 0 spiro atoms. The Balaban J connectivity index is 2.50. The maximum absolute atomic E-state index is 10.6. The van der Waals surface area contributed by atoms with E-state index >= 15 is 0 Å². The molecule has 16 heavy (non-hydrogen) atoms. The average molecular weight is 208 g/mol. The van der Waals surface area contributed by atoms with E-state index in [1.807, 2.05) is 6.07 Å². The summed E-state index contributed by atoms with van der Waals surface area (Å²) in [5.41, 5.74) is 2.69. The Morgan fingerprint density at radius 1 is 1.25 bits per heavy atom. The second-order valence-corrected chi connectivity index (χ2v) is 3.28. The number of nitriles is 1. The van der Waals surface area contributed by atoms with Gasteiger partial charge < -0.3 is 0 Å². The van der Waals surface area contributed by atoms with Gasteiger partial charge in [-0.2, -0.15) is 5.26 Å². The van der Waals surface area contributed by atoms with Gasteiger partial charge in [-0.15, -0.1) is 0 Å². The van der Waals surface area contributed by atoms with Crippen molar-refractivity contribution in [3.05, 3.63) is 53.7 Å². The van der Waals surface area contributed by atoms with Crippen LogP contribution in [0.4, 0.5) is 0 Å². The summed E-state index contributed by atoms with van der Waals surface area (Å²) in [6, 6.07) is 12.5. The molecule has 3 heteroatoms. The third-order valence-corrected chi connectivity index (χ3v) is 2.21. The number of carbonyl (C=O) groups excluding carboxylic acids is 1. The highest BCUT2D eigenvalue weighted by atomic mass is 16.1. The molecular formula is C13H8N2O. The van der Waals surface area contributed by atoms with Crippen molar-refractivity contribution in [3.63, 3.8) is 0 Å². The lowest BCUT2D eigenvalue weighted by Gasteiger charge is -2.01. The number of rotatable bonds is 2. The molecule has 0 aliphatic heterocycles. The van der Waals surface area contributed by atoms with Gasteiger partial charge in [-0.3, -0.25) is 9.78 Å². The zero-order valence-corrected chi connectivity index (χ0v) is 8.42. The van der Waals surface area contributed by atoms with Crippen LogP contribution < -0.4 is 0 Å². The number of aldehydes is 1. The standard InChI is InChI=1S/C13H8N2O/c14-8-10-2-1-3-12(6-10)13-7-11(9-16)4-5-15-13/h1-7,9H. The second kappa shape index (κ2) is 4.37. The van der Waals surface area contributed by atoms with Crippen molar-refractivity contribution >= 4 is 6.29 Å². The fourth-order valence-corrected chi connectivity index (χ4v) is 1.43. The van der Waals surface area contributed by atoms with Crippen molar-refractivity contribution in [3.8, 4) is 17.3 Å². The highest BCUT2D eigenvalue weighted by molar-refractivity contribution is 5.77. The summed E-state index contributed by atoms with van der Waals surface area (Å²) in [6.07, 6.45) is 2.36. The Labute approximate surface area is 93.0 Å². The summed E-state index contributed by atoms with van der Waals surface area (Å²) < 4.78 is 0. The summed E-state index contributed by atoms with van der Waals surface area (Å²) in [5.74, 6) is 0. The van der Waals surface area contributed by atoms with Gasteiger partial charge in [0.15, 0.2) is 0 Å². The highest BCUT2D eigenvalue weighted by Crippen LogP contribution is 2.18. The molecule has 0 unspecified atom stereocenters. The van der Waals surface area contributed by atoms with Gasteiger partial charge in [0.25, 0.3) is 0 Å². The topological polar surface area (TPSA) is 53.8 Å². The molecule has 2 rings (SSSR count). The lowest BCUT2D eigenvalue weighted by molar-refractivity contribution is 0.112. The molecule has 0 amide bonds. The molecule has 0 saturated carbocycles. The Hall–Kier alpha value is -2.47. The quantitative estimate of drug-likeness (QED) is 0.712. The minimum atomic E-state index is 0.576. The van der Waals surface area contributed by atoms with E-state index in [2.05, 4.69) is 11.1 Å². The van der Waals surface area contributed by atoms with Gasteiger partial charge in [-0.05, 0) is 24.3 Å². The van der Waals surface area contributed by atoms with Crippen LogP contribution in [0.5, 0.6) is 0 Å². The van der Waals surface area contributed by atoms with E-state index < -0.39 is 0 Å². The van der Waals surface area contributed by atoms with Crippen LogP contribution in [0.1, 0.15) is 15.9 Å². The Bertz CT molecular complexity index is 570. The summed E-state index contributed by atoms with van der Waals surface area (Å²) in [6.45, 7) is 0. The molecule has 0 bridgehead atoms. The number of hydrogen-bond donors (Lipinski definition) is 0. The van der Waals surface area contributed by atoms with E-state index in [0.29, 0.717) is 16.8 Å². The van der Waals surface area contributed by atoms with Crippen LogP contribution in [0.15, 0.2) is 42.6 Å². The first-order valence-corrected chi connectivity index (χ1v) is 4.75. The van der Waals surface area contributed by atoms with Gasteiger partial charge in [0.1, 0.15) is 6.29 Å². The van der Waals surface area contributed by atoms with E-state index in [0.717, 1.165) is 11.8 Å². The molecule has 2 aromatic rings. The van der Waals surface area contributed by atoms with Crippen molar-refractivity contribution in [2.75, 3.05) is 0 Å². The van der Waals surface area contributed by atoms with Crippen molar-refractivity contribution in [1.82, 2.24) is 4.98 Å². The molecule has 3 nitrogen and oxygen atoms in total. The normalized spacial score (nSPS) is 9.44. The van der Waals surface area contributed by atoms with Crippen LogP contribution in [0, 0.1) is 11.3 Å². The Morgan fingerprint density at radius 3 is 2.88 bits per heavy atom. The van der Waals surface area contributed by atoms with Crippen molar-refractivity contribution in [2.24, 2.45) is 0 Å². The first kappa shape index (κ1) is 10.1. The molecule has 1 aromatic carbocycles. The molecular weight excluding hydrogens is 200 g/mol. The zero-order chi connectivity index (χ0) is 11.4. The van der Waals surface area contributed by atoms with Gasteiger partial charge >= 0.3 is 0 Å². The van der Waals surface area contributed by atoms with E-state index in [1.54, 1.807) is 36.5 Å². The zero-order valence-electron chi connectivity index (χ0n) is 8.42. The molecule has 0 aliphatic rings. The molecule has 0 atom stereocenters. The number of pyridine rings is 1. The molecule has 76 valence electrons. The first-order valence-electron chi connectivity index (χ1n) is 4.75. The van der Waals surface area contributed by atoms with Gasteiger partial charge in [0, 0.05) is 17.3 Å². The molecule has 0 radical (unpaired) electrons. The first-order chi connectivity index (χ1) is 7.83. The third-order valence-electron chi connectivity index (χ3n) is 2.21. The number of benzene rings is 1.